The zero-order valence-corrected chi connectivity index (χ0v) is 6.79. The first-order valence-corrected chi connectivity index (χ1v) is 3.52. The van der Waals surface area contributed by atoms with Gasteiger partial charge in [0.2, 0.25) is 0 Å². The van der Waals surface area contributed by atoms with Crippen LogP contribution in [-0.4, -0.2) is 13.0 Å². The van der Waals surface area contributed by atoms with Crippen molar-refractivity contribution < 1.29 is 4.79 Å². The first-order valence-electron chi connectivity index (χ1n) is 3.52. The van der Waals surface area contributed by atoms with Gasteiger partial charge in [-0.15, -0.1) is 0 Å². The third-order valence-electron chi connectivity index (χ3n) is 1.61. The number of amides is 1. The van der Waals surface area contributed by atoms with Gasteiger partial charge in [-0.3, -0.25) is 4.79 Å². The molecule has 0 atom stereocenters. The molecule has 0 saturated carbocycles. The van der Waals surface area contributed by atoms with E-state index in [-0.39, 0.29) is 0 Å². The summed E-state index contributed by atoms with van der Waals surface area (Å²) in [5, 5.41) is 2.89. The summed E-state index contributed by atoms with van der Waals surface area (Å²) >= 11 is 0. The third-order valence-corrected chi connectivity index (χ3v) is 1.61. The Kier molecular flexibility index (Phi) is 2.19. The number of anilines is 2. The second-order valence-corrected chi connectivity index (χ2v) is 2.42. The minimum absolute atomic E-state index is 0.349. The molecule has 1 rings (SSSR count). The van der Waals surface area contributed by atoms with Crippen molar-refractivity contribution in [2.75, 3.05) is 18.1 Å². The van der Waals surface area contributed by atoms with Crippen LogP contribution in [-0.2, 0) is 0 Å². The van der Waals surface area contributed by atoms with Crippen molar-refractivity contribution in [2.24, 2.45) is 5.73 Å². The predicted molar refractivity (Wildman–Crippen MR) is 48.9 cm³/mol. The Bertz CT molecular complexity index is 309. The maximum absolute atomic E-state index is 10.8. The number of rotatable bonds is 2. The van der Waals surface area contributed by atoms with Crippen molar-refractivity contribution in [2.45, 2.75) is 0 Å². The highest BCUT2D eigenvalue weighted by Gasteiger charge is 2.05. The number of primary amides is 1. The van der Waals surface area contributed by atoms with E-state index in [1.54, 1.807) is 25.2 Å². The molecule has 5 N–H and O–H groups in total. The van der Waals surface area contributed by atoms with E-state index in [0.29, 0.717) is 11.3 Å². The molecular formula is C8H11N3O. The molecular weight excluding hydrogens is 154 g/mol. The fourth-order valence-electron chi connectivity index (χ4n) is 0.925. The Hall–Kier alpha value is -1.71. The monoisotopic (exact) mass is 165 g/mol. The fraction of sp³-hybridized carbons (Fsp3) is 0.125. The van der Waals surface area contributed by atoms with Gasteiger partial charge in [-0.05, 0) is 18.2 Å². The molecule has 0 saturated heterocycles. The first-order chi connectivity index (χ1) is 5.65. The van der Waals surface area contributed by atoms with E-state index in [2.05, 4.69) is 5.32 Å². The van der Waals surface area contributed by atoms with Crippen molar-refractivity contribution in [3.05, 3.63) is 23.8 Å². The van der Waals surface area contributed by atoms with Crippen LogP contribution in [0.15, 0.2) is 18.2 Å². The van der Waals surface area contributed by atoms with Gasteiger partial charge >= 0.3 is 0 Å². The normalized spacial score (nSPS) is 9.42. The van der Waals surface area contributed by atoms with E-state index in [9.17, 15) is 4.79 Å². The van der Waals surface area contributed by atoms with Crippen LogP contribution in [0.3, 0.4) is 0 Å². The number of nitrogens with two attached hydrogens (primary N) is 2. The number of benzene rings is 1. The molecule has 0 bridgehead atoms. The SMILES string of the molecule is CNc1ccc(N)c(C(N)=O)c1. The molecule has 1 aromatic carbocycles. The minimum atomic E-state index is -0.510. The molecule has 0 aliphatic rings. The lowest BCUT2D eigenvalue weighted by atomic mass is 10.1. The molecule has 0 spiro atoms. The van der Waals surface area contributed by atoms with Gasteiger partial charge in [-0.2, -0.15) is 0 Å². The predicted octanol–water partition coefficient (Wildman–Crippen LogP) is 0.409. The molecule has 0 fully saturated rings. The van der Waals surface area contributed by atoms with Crippen LogP contribution in [0.4, 0.5) is 11.4 Å². The van der Waals surface area contributed by atoms with E-state index >= 15 is 0 Å². The van der Waals surface area contributed by atoms with Crippen molar-refractivity contribution >= 4 is 17.3 Å². The number of nitrogens with one attached hydrogen (secondary N) is 1. The van der Waals surface area contributed by atoms with Crippen LogP contribution in [0, 0.1) is 0 Å². The van der Waals surface area contributed by atoms with E-state index in [0.717, 1.165) is 5.69 Å². The highest BCUT2D eigenvalue weighted by atomic mass is 16.1. The van der Waals surface area contributed by atoms with Gasteiger partial charge in [0, 0.05) is 18.4 Å². The van der Waals surface area contributed by atoms with Crippen LogP contribution in [0.2, 0.25) is 0 Å². The highest BCUT2D eigenvalue weighted by Crippen LogP contribution is 2.16. The quantitative estimate of drug-likeness (QED) is 0.555. The molecule has 1 aromatic rings. The maximum atomic E-state index is 10.8. The van der Waals surface area contributed by atoms with Crippen LogP contribution in [0.1, 0.15) is 10.4 Å². The Labute approximate surface area is 70.6 Å². The van der Waals surface area contributed by atoms with Crippen LogP contribution in [0.25, 0.3) is 0 Å². The average molecular weight is 165 g/mol. The van der Waals surface area contributed by atoms with Crippen molar-refractivity contribution in [1.82, 2.24) is 0 Å². The smallest absolute Gasteiger partial charge is 0.250 e. The lowest BCUT2D eigenvalue weighted by Crippen LogP contribution is -2.13. The summed E-state index contributed by atoms with van der Waals surface area (Å²) in [6.07, 6.45) is 0. The first kappa shape index (κ1) is 8.39. The summed E-state index contributed by atoms with van der Waals surface area (Å²) in [6, 6.07) is 5.05. The van der Waals surface area contributed by atoms with Gasteiger partial charge in [0.15, 0.2) is 0 Å². The second-order valence-electron chi connectivity index (χ2n) is 2.42. The number of hydrogen-bond donors (Lipinski definition) is 3. The fourth-order valence-corrected chi connectivity index (χ4v) is 0.925. The summed E-state index contributed by atoms with van der Waals surface area (Å²) in [6.45, 7) is 0. The molecule has 12 heavy (non-hydrogen) atoms. The molecule has 0 aromatic heterocycles. The molecule has 0 aliphatic heterocycles. The largest absolute Gasteiger partial charge is 0.398 e. The van der Waals surface area contributed by atoms with Gasteiger partial charge in [0.25, 0.3) is 5.91 Å². The Morgan fingerprint density at radius 2 is 2.17 bits per heavy atom. The highest BCUT2D eigenvalue weighted by molar-refractivity contribution is 5.98. The summed E-state index contributed by atoms with van der Waals surface area (Å²) in [4.78, 5) is 10.8. The Morgan fingerprint density at radius 3 is 2.67 bits per heavy atom. The van der Waals surface area contributed by atoms with Gasteiger partial charge in [0.1, 0.15) is 0 Å². The maximum Gasteiger partial charge on any atom is 0.250 e. The number of carbonyl (C=O) groups is 1. The third kappa shape index (κ3) is 1.47. The van der Waals surface area contributed by atoms with Gasteiger partial charge in [0.05, 0.1) is 5.56 Å². The molecule has 0 radical (unpaired) electrons. The van der Waals surface area contributed by atoms with E-state index in [1.807, 2.05) is 0 Å². The van der Waals surface area contributed by atoms with Gasteiger partial charge < -0.3 is 16.8 Å². The summed E-state index contributed by atoms with van der Waals surface area (Å²) in [5.41, 5.74) is 12.2. The molecule has 4 nitrogen and oxygen atoms in total. The lowest BCUT2D eigenvalue weighted by Gasteiger charge is -2.04. The molecule has 0 heterocycles. The topological polar surface area (TPSA) is 81.1 Å². The van der Waals surface area contributed by atoms with Crippen molar-refractivity contribution in [1.29, 1.82) is 0 Å². The zero-order chi connectivity index (χ0) is 9.14. The van der Waals surface area contributed by atoms with Crippen LogP contribution in [0.5, 0.6) is 0 Å². The molecule has 0 unspecified atom stereocenters. The summed E-state index contributed by atoms with van der Waals surface area (Å²) in [7, 11) is 1.76. The standard InChI is InChI=1S/C8H11N3O/c1-11-5-2-3-7(9)6(4-5)8(10)12/h2-4,11H,9H2,1H3,(H2,10,12). The number of carbonyl (C=O) groups excluding carboxylic acids is 1. The second kappa shape index (κ2) is 3.13. The minimum Gasteiger partial charge on any atom is -0.398 e. The Morgan fingerprint density at radius 1 is 1.50 bits per heavy atom. The Balaban J connectivity index is 3.17. The number of hydrogen-bond acceptors (Lipinski definition) is 3. The lowest BCUT2D eigenvalue weighted by molar-refractivity contribution is 0.100. The molecule has 4 heteroatoms. The summed E-state index contributed by atoms with van der Waals surface area (Å²) < 4.78 is 0. The van der Waals surface area contributed by atoms with E-state index < -0.39 is 5.91 Å². The van der Waals surface area contributed by atoms with E-state index in [1.165, 1.54) is 0 Å². The zero-order valence-electron chi connectivity index (χ0n) is 6.79. The average Bonchev–Trinajstić information content (AvgIpc) is 2.05. The molecule has 0 aliphatic carbocycles. The van der Waals surface area contributed by atoms with Gasteiger partial charge in [-0.1, -0.05) is 0 Å². The summed E-state index contributed by atoms with van der Waals surface area (Å²) in [5.74, 6) is -0.510. The van der Waals surface area contributed by atoms with Crippen molar-refractivity contribution in [3.8, 4) is 0 Å². The van der Waals surface area contributed by atoms with Gasteiger partial charge in [-0.25, -0.2) is 0 Å². The van der Waals surface area contributed by atoms with Crippen LogP contribution >= 0.6 is 0 Å². The van der Waals surface area contributed by atoms with Crippen LogP contribution < -0.4 is 16.8 Å². The molecule has 64 valence electrons. The molecule has 1 amide bonds. The van der Waals surface area contributed by atoms with Crippen molar-refractivity contribution in [3.63, 3.8) is 0 Å². The van der Waals surface area contributed by atoms with E-state index in [4.69, 9.17) is 11.5 Å². The number of nitrogen functional groups attached to an aromatic ring is 1.